The molecule has 2 heterocycles. The van der Waals surface area contributed by atoms with Gasteiger partial charge in [-0.2, -0.15) is 0 Å². The number of ether oxygens (including phenoxy) is 2. The summed E-state index contributed by atoms with van der Waals surface area (Å²) in [6.07, 6.45) is 1.95. The number of hydrogen-bond acceptors (Lipinski definition) is 6. The number of carbonyl (C=O) groups excluding carboxylic acids is 1. The van der Waals surface area contributed by atoms with E-state index >= 15 is 0 Å². The summed E-state index contributed by atoms with van der Waals surface area (Å²) < 4.78 is 11.2. The molecule has 5 nitrogen and oxygen atoms in total. The molecule has 0 aliphatic carbocycles. The molecule has 0 aromatic heterocycles. The SMILES string of the molecule is CCOC(=O)C1=C(C)N=C2SC=CN2[C@H]1c1ccc(OCc2ccccc2Cl)cc1. The van der Waals surface area contributed by atoms with Crippen molar-refractivity contribution in [1.82, 2.24) is 4.90 Å². The van der Waals surface area contributed by atoms with Crippen LogP contribution in [0.3, 0.4) is 0 Å². The molecule has 4 rings (SSSR count). The van der Waals surface area contributed by atoms with Crippen LogP contribution in [0, 0.1) is 0 Å². The maximum Gasteiger partial charge on any atom is 0.338 e. The zero-order chi connectivity index (χ0) is 21.1. The smallest absolute Gasteiger partial charge is 0.338 e. The first-order chi connectivity index (χ1) is 14.6. The van der Waals surface area contributed by atoms with Gasteiger partial charge >= 0.3 is 5.97 Å². The Morgan fingerprint density at radius 1 is 1.20 bits per heavy atom. The first-order valence-corrected chi connectivity index (χ1v) is 10.9. The summed E-state index contributed by atoms with van der Waals surface area (Å²) in [5, 5.41) is 3.50. The average Bonchev–Trinajstić information content (AvgIpc) is 3.21. The van der Waals surface area contributed by atoms with Crippen molar-refractivity contribution in [2.45, 2.75) is 26.5 Å². The van der Waals surface area contributed by atoms with Crippen molar-refractivity contribution in [3.05, 3.63) is 87.6 Å². The second-order valence-electron chi connectivity index (χ2n) is 6.78. The van der Waals surface area contributed by atoms with E-state index in [1.54, 1.807) is 6.92 Å². The van der Waals surface area contributed by atoms with Crippen molar-refractivity contribution in [2.24, 2.45) is 4.99 Å². The maximum atomic E-state index is 12.7. The molecule has 1 atom stereocenters. The minimum atomic E-state index is -0.341. The molecule has 0 radical (unpaired) electrons. The summed E-state index contributed by atoms with van der Waals surface area (Å²) in [7, 11) is 0. The van der Waals surface area contributed by atoms with Gasteiger partial charge in [0.2, 0.25) is 0 Å². The van der Waals surface area contributed by atoms with E-state index in [1.807, 2.05) is 72.0 Å². The van der Waals surface area contributed by atoms with Crippen molar-refractivity contribution in [1.29, 1.82) is 0 Å². The van der Waals surface area contributed by atoms with Crippen LogP contribution in [0.4, 0.5) is 0 Å². The van der Waals surface area contributed by atoms with Gasteiger partial charge in [-0.05, 0) is 43.0 Å². The van der Waals surface area contributed by atoms with Gasteiger partial charge in [-0.1, -0.05) is 53.7 Å². The highest BCUT2D eigenvalue weighted by Crippen LogP contribution is 2.41. The van der Waals surface area contributed by atoms with Gasteiger partial charge in [0, 0.05) is 16.8 Å². The first kappa shape index (κ1) is 20.6. The van der Waals surface area contributed by atoms with E-state index in [9.17, 15) is 4.79 Å². The minimum absolute atomic E-state index is 0.291. The van der Waals surface area contributed by atoms with E-state index in [2.05, 4.69) is 4.99 Å². The molecule has 0 saturated heterocycles. The topological polar surface area (TPSA) is 51.1 Å². The largest absolute Gasteiger partial charge is 0.489 e. The van der Waals surface area contributed by atoms with Gasteiger partial charge in [0.15, 0.2) is 5.17 Å². The number of thioether (sulfide) groups is 1. The van der Waals surface area contributed by atoms with Gasteiger partial charge in [0.25, 0.3) is 0 Å². The van der Waals surface area contributed by atoms with Crippen molar-refractivity contribution >= 4 is 34.5 Å². The fourth-order valence-electron chi connectivity index (χ4n) is 3.42. The fourth-order valence-corrected chi connectivity index (χ4v) is 4.40. The van der Waals surface area contributed by atoms with Crippen LogP contribution in [0.1, 0.15) is 31.0 Å². The molecule has 30 heavy (non-hydrogen) atoms. The molecule has 2 aromatic rings. The number of fused-ring (bicyclic) bond motifs is 1. The Labute approximate surface area is 185 Å². The molecule has 0 amide bonds. The van der Waals surface area contributed by atoms with Crippen LogP contribution < -0.4 is 4.74 Å². The van der Waals surface area contributed by atoms with Gasteiger partial charge in [0.05, 0.1) is 23.9 Å². The number of carbonyl (C=O) groups is 1. The van der Waals surface area contributed by atoms with E-state index in [1.165, 1.54) is 11.8 Å². The maximum absolute atomic E-state index is 12.7. The van der Waals surface area contributed by atoms with Crippen LogP contribution in [0.5, 0.6) is 5.75 Å². The Balaban J connectivity index is 1.58. The molecule has 2 aliphatic rings. The Morgan fingerprint density at radius 2 is 1.97 bits per heavy atom. The molecule has 7 heteroatoms. The Bertz CT molecular complexity index is 1050. The summed E-state index contributed by atoms with van der Waals surface area (Å²) in [4.78, 5) is 19.3. The molecule has 0 saturated carbocycles. The molecular formula is C23H21ClN2O3S. The molecule has 0 spiro atoms. The number of amidine groups is 1. The third-order valence-corrected chi connectivity index (χ3v) is 6.00. The molecule has 0 unspecified atom stereocenters. The number of halogens is 1. The summed E-state index contributed by atoms with van der Waals surface area (Å²) in [6.45, 7) is 4.36. The quantitative estimate of drug-likeness (QED) is 0.540. The lowest BCUT2D eigenvalue weighted by molar-refractivity contribution is -0.139. The number of aliphatic imine (C=N–C) groups is 1. The summed E-state index contributed by atoms with van der Waals surface area (Å²) in [5.74, 6) is 0.389. The van der Waals surface area contributed by atoms with Crippen LogP contribution in [-0.2, 0) is 16.1 Å². The van der Waals surface area contributed by atoms with Gasteiger partial charge in [-0.25, -0.2) is 9.79 Å². The van der Waals surface area contributed by atoms with E-state index in [4.69, 9.17) is 21.1 Å². The lowest BCUT2D eigenvalue weighted by atomic mass is 9.95. The van der Waals surface area contributed by atoms with Crippen LogP contribution in [-0.4, -0.2) is 22.6 Å². The van der Waals surface area contributed by atoms with Crippen LogP contribution in [0.25, 0.3) is 0 Å². The molecule has 154 valence electrons. The molecule has 2 aliphatic heterocycles. The van der Waals surface area contributed by atoms with E-state index in [0.29, 0.717) is 29.5 Å². The average molecular weight is 441 g/mol. The number of rotatable bonds is 6. The van der Waals surface area contributed by atoms with Crippen molar-refractivity contribution in [3.8, 4) is 5.75 Å². The molecule has 2 aromatic carbocycles. The Hall–Kier alpha value is -2.70. The lowest BCUT2D eigenvalue weighted by Crippen LogP contribution is -2.34. The van der Waals surface area contributed by atoms with Gasteiger partial charge in [-0.15, -0.1) is 0 Å². The number of hydrogen-bond donors (Lipinski definition) is 0. The van der Waals surface area contributed by atoms with Crippen LogP contribution in [0.2, 0.25) is 5.02 Å². The van der Waals surface area contributed by atoms with Crippen molar-refractivity contribution < 1.29 is 14.3 Å². The van der Waals surface area contributed by atoms with Crippen LogP contribution in [0.15, 0.2) is 76.4 Å². The first-order valence-electron chi connectivity index (χ1n) is 9.63. The van der Waals surface area contributed by atoms with Crippen molar-refractivity contribution in [2.75, 3.05) is 6.61 Å². The van der Waals surface area contributed by atoms with Crippen LogP contribution >= 0.6 is 23.4 Å². The van der Waals surface area contributed by atoms with Gasteiger partial charge < -0.3 is 14.4 Å². The molecule has 0 N–H and O–H groups in total. The summed E-state index contributed by atoms with van der Waals surface area (Å²) in [6, 6.07) is 15.1. The third kappa shape index (κ3) is 4.11. The fraction of sp³-hybridized carbons (Fsp3) is 0.217. The number of allylic oxidation sites excluding steroid dienone is 1. The second-order valence-corrected chi connectivity index (χ2v) is 8.06. The number of esters is 1. The molecule has 0 fully saturated rings. The van der Waals surface area contributed by atoms with E-state index < -0.39 is 0 Å². The Morgan fingerprint density at radius 3 is 2.70 bits per heavy atom. The summed E-state index contributed by atoms with van der Waals surface area (Å²) in [5.41, 5.74) is 3.12. The monoisotopic (exact) mass is 440 g/mol. The number of benzene rings is 2. The predicted molar refractivity (Wildman–Crippen MR) is 120 cm³/mol. The highest BCUT2D eigenvalue weighted by atomic mass is 35.5. The third-order valence-electron chi connectivity index (χ3n) is 4.86. The zero-order valence-electron chi connectivity index (χ0n) is 16.7. The predicted octanol–water partition coefficient (Wildman–Crippen LogP) is 5.69. The lowest BCUT2D eigenvalue weighted by Gasteiger charge is -2.33. The highest BCUT2D eigenvalue weighted by Gasteiger charge is 2.37. The van der Waals surface area contributed by atoms with E-state index in [-0.39, 0.29) is 12.0 Å². The standard InChI is InChI=1S/C23H21ClN2O3S/c1-3-28-22(27)20-15(2)25-23-26(12-13-30-23)21(20)16-8-10-18(11-9-16)29-14-17-6-4-5-7-19(17)24/h4-13,21H,3,14H2,1-2H3/t21-/m0/s1. The Kier molecular flexibility index (Phi) is 6.16. The minimum Gasteiger partial charge on any atom is -0.489 e. The van der Waals surface area contributed by atoms with Gasteiger partial charge in [-0.3, -0.25) is 0 Å². The normalized spacial score (nSPS) is 17.6. The van der Waals surface area contributed by atoms with Gasteiger partial charge in [0.1, 0.15) is 12.4 Å². The highest BCUT2D eigenvalue weighted by molar-refractivity contribution is 8.16. The number of nitrogens with zero attached hydrogens (tertiary/aromatic N) is 2. The van der Waals surface area contributed by atoms with E-state index in [0.717, 1.165) is 22.0 Å². The second kappa shape index (κ2) is 8.98. The summed E-state index contributed by atoms with van der Waals surface area (Å²) >= 11 is 7.74. The van der Waals surface area contributed by atoms with Crippen molar-refractivity contribution in [3.63, 3.8) is 0 Å². The zero-order valence-corrected chi connectivity index (χ0v) is 18.2. The molecular weight excluding hydrogens is 420 g/mol. The molecule has 0 bridgehead atoms.